The minimum absolute atomic E-state index is 0. The van der Waals surface area contributed by atoms with Crippen molar-refractivity contribution in [1.29, 1.82) is 0 Å². The summed E-state index contributed by atoms with van der Waals surface area (Å²) in [7, 11) is 4.54. The fourth-order valence-electron chi connectivity index (χ4n) is 0. The van der Waals surface area contributed by atoms with Gasteiger partial charge >= 0.3 is 28.8 Å². The molecule has 0 heterocycles. The molecule has 4 heavy (non-hydrogen) atoms. The van der Waals surface area contributed by atoms with Crippen LogP contribution in [0.3, 0.4) is 0 Å². The van der Waals surface area contributed by atoms with Gasteiger partial charge in [0.15, 0.2) is 0 Å². The summed E-state index contributed by atoms with van der Waals surface area (Å²) in [6.07, 6.45) is 0. The van der Waals surface area contributed by atoms with E-state index in [1.807, 2.05) is 0 Å². The van der Waals surface area contributed by atoms with Crippen LogP contribution >= 0.6 is 9.85 Å². The second-order valence-corrected chi connectivity index (χ2v) is 0.854. The zero-order chi connectivity index (χ0) is 2.71. The molecule has 4 heteroatoms. The number of halogens is 1. The van der Waals surface area contributed by atoms with Gasteiger partial charge in [0.1, 0.15) is 0 Å². The summed E-state index contributed by atoms with van der Waals surface area (Å²) in [5, 5.41) is 0. The Balaban J connectivity index is 0. The van der Waals surface area contributed by atoms with E-state index in [1.165, 1.54) is 0 Å². The summed E-state index contributed by atoms with van der Waals surface area (Å²) >= 11 is -1.09. The predicted molar refractivity (Wildman–Crippen MR) is 10.2 cm³/mol. The molecule has 0 bridgehead atoms. The molecule has 0 atom stereocenters. The normalized spacial score (nSPS) is 3.25. The fourth-order valence-corrected chi connectivity index (χ4v) is 0. The van der Waals surface area contributed by atoms with Crippen LogP contribution in [0.5, 0.6) is 0 Å². The van der Waals surface area contributed by atoms with E-state index >= 15 is 0 Å². The van der Waals surface area contributed by atoms with Gasteiger partial charge in [-0.2, -0.15) is 0 Å². The summed E-state index contributed by atoms with van der Waals surface area (Å²) in [6.45, 7) is 0. The van der Waals surface area contributed by atoms with Gasteiger partial charge in [-0.05, 0) is 0 Å². The summed E-state index contributed by atoms with van der Waals surface area (Å²) in [4.78, 5) is 0. The third-order valence-electron chi connectivity index (χ3n) is 0. The molecule has 0 aromatic rings. The first-order chi connectivity index (χ1) is 1.41. The van der Waals surface area contributed by atoms with E-state index < -0.39 is 15.3 Å². The Kier molecular flexibility index (Phi) is 20.8. The average Bonchev–Trinajstić information content (AvgIpc) is 0.918. The number of hydrogen-bond acceptors (Lipinski definition) is 1. The average molecular weight is 120 g/mol. The molecule has 0 unspecified atom stereocenters. The van der Waals surface area contributed by atoms with Crippen molar-refractivity contribution >= 4 is 9.85 Å². The zero-order valence-electron chi connectivity index (χ0n) is 1.73. The van der Waals surface area contributed by atoms with Crippen LogP contribution in [0.4, 0.5) is 0 Å². The van der Waals surface area contributed by atoms with E-state index in [9.17, 15) is 0 Å². The summed E-state index contributed by atoms with van der Waals surface area (Å²) in [5.41, 5.74) is 0. The van der Waals surface area contributed by atoms with E-state index in [0.717, 1.165) is 0 Å². The van der Waals surface area contributed by atoms with Gasteiger partial charge in [-0.1, -0.05) is 0 Å². The van der Waals surface area contributed by atoms with Crippen molar-refractivity contribution < 1.29 is 24.4 Å². The summed E-state index contributed by atoms with van der Waals surface area (Å²) in [5.74, 6) is 0. The van der Waals surface area contributed by atoms with Crippen LogP contribution in [-0.2, 0) is 19.0 Å². The van der Waals surface area contributed by atoms with E-state index in [1.54, 1.807) is 0 Å². The standard InChI is InChI=1S/ClH.H2O.O.V/h1H;1H2;;/q;;;+1/p-1. The molecule has 0 saturated carbocycles. The Labute approximate surface area is 34.9 Å². The van der Waals surface area contributed by atoms with Gasteiger partial charge in [-0.3, -0.25) is 0 Å². The quantitative estimate of drug-likeness (QED) is 0.435. The monoisotopic (exact) mass is 120 g/mol. The van der Waals surface area contributed by atoms with Crippen molar-refractivity contribution in [3.8, 4) is 0 Å². The molecule has 0 saturated heterocycles. The molecule has 0 aromatic heterocycles. The van der Waals surface area contributed by atoms with Gasteiger partial charge in [0.2, 0.25) is 0 Å². The van der Waals surface area contributed by atoms with Crippen molar-refractivity contribution in [3.63, 3.8) is 0 Å². The van der Waals surface area contributed by atoms with Gasteiger partial charge in [0.05, 0.1) is 0 Å². The molecule has 0 aliphatic carbocycles. The van der Waals surface area contributed by atoms with E-state index in [-0.39, 0.29) is 5.48 Å². The van der Waals surface area contributed by atoms with Gasteiger partial charge in [-0.25, -0.2) is 0 Å². The Bertz CT molecular complexity index is 13.5. The summed E-state index contributed by atoms with van der Waals surface area (Å²) < 4.78 is 8.79. The molecule has 2 nitrogen and oxygen atoms in total. The Morgan fingerprint density at radius 2 is 1.75 bits per heavy atom. The maximum absolute atomic E-state index is 8.79. The molecule has 0 rings (SSSR count). The molecule has 0 aliphatic heterocycles. The zero-order valence-corrected chi connectivity index (χ0v) is 3.89. The maximum atomic E-state index is 8.79. The Hall–Kier alpha value is 0.634. The SMILES string of the molecule is O.[O]=[V][Cl]. The fraction of sp³-hybridized carbons (Fsp3) is 0. The van der Waals surface area contributed by atoms with Gasteiger partial charge in [0, 0.05) is 0 Å². The predicted octanol–water partition coefficient (Wildman–Crippen LogP) is -0.257. The molecule has 0 fully saturated rings. The Morgan fingerprint density at radius 1 is 1.75 bits per heavy atom. The summed E-state index contributed by atoms with van der Waals surface area (Å²) in [6, 6.07) is 0. The molecule has 0 radical (unpaired) electrons. The molecule has 26 valence electrons. The van der Waals surface area contributed by atoms with Gasteiger partial charge in [0.25, 0.3) is 0 Å². The van der Waals surface area contributed by atoms with Crippen LogP contribution in [0.1, 0.15) is 0 Å². The first-order valence-corrected chi connectivity index (χ1v) is 2.84. The minimum atomic E-state index is -1.09. The molecular formula is H2ClO2V. The topological polar surface area (TPSA) is 48.6 Å². The third kappa shape index (κ3) is 17.5. The van der Waals surface area contributed by atoms with Crippen molar-refractivity contribution in [2.24, 2.45) is 0 Å². The van der Waals surface area contributed by atoms with Crippen molar-refractivity contribution in [1.82, 2.24) is 0 Å². The molecule has 0 amide bonds. The van der Waals surface area contributed by atoms with Gasteiger partial charge in [-0.15, -0.1) is 0 Å². The van der Waals surface area contributed by atoms with Crippen molar-refractivity contribution in [3.05, 3.63) is 0 Å². The second kappa shape index (κ2) is 9.44. The second-order valence-electron chi connectivity index (χ2n) is 0.0690. The molecule has 2 N–H and O–H groups in total. The van der Waals surface area contributed by atoms with Crippen LogP contribution < -0.4 is 0 Å². The van der Waals surface area contributed by atoms with Crippen molar-refractivity contribution in [2.45, 2.75) is 0 Å². The van der Waals surface area contributed by atoms with Crippen LogP contribution in [0.15, 0.2) is 0 Å². The molecule has 0 aromatic carbocycles. The van der Waals surface area contributed by atoms with E-state index in [2.05, 4.69) is 9.85 Å². The number of rotatable bonds is 0. The van der Waals surface area contributed by atoms with E-state index in [4.69, 9.17) is 3.67 Å². The van der Waals surface area contributed by atoms with Crippen molar-refractivity contribution in [2.75, 3.05) is 0 Å². The third-order valence-corrected chi connectivity index (χ3v) is 0. The Morgan fingerprint density at radius 3 is 1.75 bits per heavy atom. The van der Waals surface area contributed by atoms with Crippen LogP contribution in [0, 0.1) is 0 Å². The van der Waals surface area contributed by atoms with Crippen LogP contribution in [0.2, 0.25) is 0 Å². The molecule has 0 aliphatic rings. The number of hydrogen-bond donors (Lipinski definition) is 0. The van der Waals surface area contributed by atoms with Crippen LogP contribution in [0.25, 0.3) is 0 Å². The first-order valence-electron chi connectivity index (χ1n) is 0.352. The van der Waals surface area contributed by atoms with E-state index in [0.29, 0.717) is 0 Å². The van der Waals surface area contributed by atoms with Gasteiger partial charge < -0.3 is 5.48 Å². The molecule has 0 spiro atoms. The van der Waals surface area contributed by atoms with Crippen LogP contribution in [-0.4, -0.2) is 5.48 Å². The molecular weight excluding hydrogens is 118 g/mol. The first kappa shape index (κ1) is 8.82.